The van der Waals surface area contributed by atoms with Crippen LogP contribution >= 0.6 is 11.3 Å². The van der Waals surface area contributed by atoms with Crippen molar-refractivity contribution in [3.05, 3.63) is 71.1 Å². The number of halogens is 2. The lowest BCUT2D eigenvalue weighted by molar-refractivity contribution is 0.0751. The van der Waals surface area contributed by atoms with Gasteiger partial charge in [-0.1, -0.05) is 12.1 Å². The molecular weight excluding hydrogens is 418 g/mol. The summed E-state index contributed by atoms with van der Waals surface area (Å²) in [7, 11) is 1.80. The van der Waals surface area contributed by atoms with Crippen molar-refractivity contribution in [1.29, 1.82) is 0 Å². The molecule has 2 aromatic heterocycles. The van der Waals surface area contributed by atoms with Crippen molar-refractivity contribution in [3.63, 3.8) is 0 Å². The van der Waals surface area contributed by atoms with Crippen LogP contribution < -0.4 is 4.90 Å². The summed E-state index contributed by atoms with van der Waals surface area (Å²) in [5.41, 5.74) is 1.93. The molecule has 0 bridgehead atoms. The number of aryl methyl sites for hydroxylation is 1. The number of thiophene rings is 1. The Kier molecular flexibility index (Phi) is 4.94. The van der Waals surface area contributed by atoms with Crippen molar-refractivity contribution in [2.45, 2.75) is 0 Å². The van der Waals surface area contributed by atoms with Gasteiger partial charge in [0, 0.05) is 49.9 Å². The van der Waals surface area contributed by atoms with Crippen molar-refractivity contribution in [2.24, 2.45) is 7.05 Å². The average Bonchev–Trinajstić information content (AvgIpc) is 3.35. The fourth-order valence-corrected chi connectivity index (χ4v) is 5.01. The number of aromatic nitrogens is 2. The molecule has 1 fully saturated rings. The van der Waals surface area contributed by atoms with Gasteiger partial charge in [0.25, 0.3) is 5.91 Å². The fourth-order valence-electron chi connectivity index (χ4n) is 3.97. The van der Waals surface area contributed by atoms with Gasteiger partial charge >= 0.3 is 0 Å². The Bertz CT molecular complexity index is 1260. The summed E-state index contributed by atoms with van der Waals surface area (Å²) in [6.45, 7) is 2.54. The Morgan fingerprint density at radius 1 is 1.00 bits per heavy atom. The highest BCUT2D eigenvalue weighted by Crippen LogP contribution is 2.35. The number of carbonyl (C=O) groups is 1. The van der Waals surface area contributed by atoms with E-state index in [9.17, 15) is 13.6 Å². The number of piperazine rings is 1. The molecule has 2 aromatic carbocycles. The first kappa shape index (κ1) is 19.7. The van der Waals surface area contributed by atoms with Crippen LogP contribution in [-0.2, 0) is 7.05 Å². The van der Waals surface area contributed by atoms with Crippen LogP contribution in [-0.4, -0.2) is 46.8 Å². The molecule has 0 N–H and O–H groups in total. The molecule has 5 rings (SSSR count). The number of hydrogen-bond donors (Lipinski definition) is 0. The number of nitrogens with zero attached hydrogens (tertiary/aromatic N) is 4. The van der Waals surface area contributed by atoms with Gasteiger partial charge in [-0.3, -0.25) is 9.48 Å². The molecule has 1 saturated heterocycles. The Morgan fingerprint density at radius 3 is 2.42 bits per heavy atom. The highest BCUT2D eigenvalue weighted by Gasteiger charge is 2.26. The van der Waals surface area contributed by atoms with E-state index < -0.39 is 0 Å². The lowest BCUT2D eigenvalue weighted by atomic mass is 10.1. The molecule has 0 unspecified atom stereocenters. The second-order valence-electron chi connectivity index (χ2n) is 7.54. The number of rotatable bonds is 3. The van der Waals surface area contributed by atoms with Crippen molar-refractivity contribution in [1.82, 2.24) is 14.7 Å². The number of carbonyl (C=O) groups excluding carboxylic acids is 1. The van der Waals surface area contributed by atoms with Crippen molar-refractivity contribution in [2.75, 3.05) is 31.1 Å². The third-order valence-electron chi connectivity index (χ3n) is 5.61. The summed E-state index contributed by atoms with van der Waals surface area (Å²) in [6, 6.07) is 14.8. The zero-order valence-corrected chi connectivity index (χ0v) is 17.7. The number of amides is 1. The first-order valence-corrected chi connectivity index (χ1v) is 10.8. The predicted octanol–water partition coefficient (Wildman–Crippen LogP) is 4.54. The Balaban J connectivity index is 1.37. The molecule has 0 spiro atoms. The Morgan fingerprint density at radius 2 is 1.71 bits per heavy atom. The van der Waals surface area contributed by atoms with E-state index in [1.807, 2.05) is 11.0 Å². The normalized spacial score (nSPS) is 14.4. The molecule has 1 aliphatic heterocycles. The minimum Gasteiger partial charge on any atom is -0.368 e. The van der Waals surface area contributed by atoms with Crippen LogP contribution in [0.15, 0.2) is 54.6 Å². The van der Waals surface area contributed by atoms with Crippen molar-refractivity contribution >= 4 is 33.1 Å². The van der Waals surface area contributed by atoms with Crippen LogP contribution in [0.1, 0.15) is 9.67 Å². The molecule has 3 heterocycles. The molecule has 8 heteroatoms. The summed E-state index contributed by atoms with van der Waals surface area (Å²) in [5.74, 6) is -0.621. The first-order valence-electron chi connectivity index (χ1n) is 10.0. The van der Waals surface area contributed by atoms with Gasteiger partial charge in [0.15, 0.2) is 0 Å². The predicted molar refractivity (Wildman–Crippen MR) is 119 cm³/mol. The SMILES string of the molecule is Cn1nc(-c2ccccc2F)c2cc(C(=O)N3CCN(c4ccc(F)cc4)CC3)sc21. The zero-order valence-electron chi connectivity index (χ0n) is 16.9. The summed E-state index contributed by atoms with van der Waals surface area (Å²) in [6.07, 6.45) is 0. The number of anilines is 1. The van der Waals surface area contributed by atoms with Crippen LogP contribution in [0, 0.1) is 11.6 Å². The fraction of sp³-hybridized carbons (Fsp3) is 0.217. The summed E-state index contributed by atoms with van der Waals surface area (Å²) in [4.78, 5) is 18.6. The molecule has 4 aromatic rings. The van der Waals surface area contributed by atoms with E-state index in [1.54, 1.807) is 42.1 Å². The zero-order chi connectivity index (χ0) is 21.5. The minimum absolute atomic E-state index is 0.0283. The molecule has 0 radical (unpaired) electrons. The molecule has 158 valence electrons. The Hall–Kier alpha value is -3.26. The highest BCUT2D eigenvalue weighted by atomic mass is 32.1. The maximum atomic E-state index is 14.3. The van der Waals surface area contributed by atoms with Gasteiger partial charge in [-0.25, -0.2) is 8.78 Å². The van der Waals surface area contributed by atoms with Crippen molar-refractivity contribution in [3.8, 4) is 11.3 Å². The third kappa shape index (κ3) is 3.57. The maximum absolute atomic E-state index is 14.3. The van der Waals surface area contributed by atoms with Gasteiger partial charge in [-0.05, 0) is 42.5 Å². The van der Waals surface area contributed by atoms with E-state index in [2.05, 4.69) is 10.00 Å². The van der Waals surface area contributed by atoms with Crippen LogP contribution in [0.5, 0.6) is 0 Å². The van der Waals surface area contributed by atoms with Gasteiger partial charge in [0.1, 0.15) is 22.2 Å². The van der Waals surface area contributed by atoms with Gasteiger partial charge in [-0.2, -0.15) is 5.10 Å². The van der Waals surface area contributed by atoms with Crippen LogP contribution in [0.25, 0.3) is 21.5 Å². The number of fused-ring (bicyclic) bond motifs is 1. The molecular formula is C23H20F2N4OS. The maximum Gasteiger partial charge on any atom is 0.264 e. The smallest absolute Gasteiger partial charge is 0.264 e. The number of benzene rings is 2. The molecule has 5 nitrogen and oxygen atoms in total. The van der Waals surface area contributed by atoms with E-state index in [0.717, 1.165) is 15.9 Å². The lowest BCUT2D eigenvalue weighted by Gasteiger charge is -2.36. The van der Waals surface area contributed by atoms with E-state index in [-0.39, 0.29) is 17.5 Å². The van der Waals surface area contributed by atoms with Crippen LogP contribution in [0.4, 0.5) is 14.5 Å². The van der Waals surface area contributed by atoms with E-state index in [4.69, 9.17) is 0 Å². The largest absolute Gasteiger partial charge is 0.368 e. The lowest BCUT2D eigenvalue weighted by Crippen LogP contribution is -2.48. The van der Waals surface area contributed by atoms with Gasteiger partial charge in [0.05, 0.1) is 4.88 Å². The third-order valence-corrected chi connectivity index (χ3v) is 6.80. The molecule has 1 amide bonds. The molecule has 31 heavy (non-hydrogen) atoms. The first-order chi connectivity index (χ1) is 15.0. The van der Waals surface area contributed by atoms with Crippen LogP contribution in [0.2, 0.25) is 0 Å². The summed E-state index contributed by atoms with van der Waals surface area (Å²) in [5, 5.41) is 5.26. The monoisotopic (exact) mass is 438 g/mol. The summed E-state index contributed by atoms with van der Waals surface area (Å²) < 4.78 is 29.2. The minimum atomic E-state index is -0.335. The van der Waals surface area contributed by atoms with Gasteiger partial charge in [-0.15, -0.1) is 11.3 Å². The second-order valence-corrected chi connectivity index (χ2v) is 8.57. The van der Waals surface area contributed by atoms with Crippen LogP contribution in [0.3, 0.4) is 0 Å². The Labute approximate surface area is 182 Å². The van der Waals surface area contributed by atoms with E-state index in [1.165, 1.54) is 29.5 Å². The van der Waals surface area contributed by atoms with E-state index >= 15 is 0 Å². The highest BCUT2D eigenvalue weighted by molar-refractivity contribution is 7.20. The quantitative estimate of drug-likeness (QED) is 0.472. The molecule has 0 aliphatic carbocycles. The number of hydrogen-bond acceptors (Lipinski definition) is 4. The van der Waals surface area contributed by atoms with E-state index in [0.29, 0.717) is 42.3 Å². The average molecular weight is 439 g/mol. The summed E-state index contributed by atoms with van der Waals surface area (Å²) >= 11 is 1.38. The topological polar surface area (TPSA) is 41.4 Å². The molecule has 0 atom stereocenters. The van der Waals surface area contributed by atoms with Gasteiger partial charge in [0.2, 0.25) is 0 Å². The second kappa shape index (κ2) is 7.77. The standard InChI is InChI=1S/C23H20F2N4OS/c1-27-23-18(21(26-27)17-4-2-3-5-19(17)25)14-20(31-23)22(30)29-12-10-28(11-13-29)16-8-6-15(24)7-9-16/h2-9,14H,10-13H2,1H3. The molecule has 1 aliphatic rings. The van der Waals surface area contributed by atoms with Crippen molar-refractivity contribution < 1.29 is 13.6 Å². The van der Waals surface area contributed by atoms with Gasteiger partial charge < -0.3 is 9.80 Å². The molecule has 0 saturated carbocycles.